The summed E-state index contributed by atoms with van der Waals surface area (Å²) in [5.74, 6) is 1.23. The highest BCUT2D eigenvalue weighted by atomic mass is 17.0. The summed E-state index contributed by atoms with van der Waals surface area (Å²) in [7, 11) is 2.91. The molecule has 0 fully saturated rings. The summed E-state index contributed by atoms with van der Waals surface area (Å²) in [5, 5.41) is 0. The molecule has 4 heteroatoms. The minimum absolute atomic E-state index is 0.617. The Morgan fingerprint density at radius 3 is 1.85 bits per heavy atom. The van der Waals surface area contributed by atoms with E-state index < -0.39 is 6.16 Å². The minimum Gasteiger partial charge on any atom is -0.403 e. The molecule has 1 aromatic rings. The topological polar surface area (TPSA) is 36.9 Å². The molecule has 0 N–H and O–H groups in total. The molecule has 0 bridgehead atoms. The molecule has 0 amide bonds. The third kappa shape index (κ3) is 1.24. The van der Waals surface area contributed by atoms with Gasteiger partial charge in [-0.1, -0.05) is 12.1 Å². The molecule has 0 saturated carbocycles. The van der Waals surface area contributed by atoms with E-state index in [9.17, 15) is 0 Å². The van der Waals surface area contributed by atoms with E-state index in [-0.39, 0.29) is 0 Å². The second-order valence-corrected chi connectivity index (χ2v) is 2.56. The average molecular weight is 182 g/mol. The molecule has 0 aliphatic carbocycles. The largest absolute Gasteiger partial charge is 0.509 e. The van der Waals surface area contributed by atoms with Crippen LogP contribution in [0.15, 0.2) is 24.3 Å². The standard InChI is InChI=1S/C9H10O4/c1-10-9(11-2)12-7-5-3-4-6-8(7)13-9/h3-6H,1-2H3. The van der Waals surface area contributed by atoms with Gasteiger partial charge in [-0.2, -0.15) is 0 Å². The summed E-state index contributed by atoms with van der Waals surface area (Å²) >= 11 is 0. The van der Waals surface area contributed by atoms with Crippen molar-refractivity contribution < 1.29 is 18.9 Å². The van der Waals surface area contributed by atoms with E-state index >= 15 is 0 Å². The van der Waals surface area contributed by atoms with Gasteiger partial charge >= 0.3 is 6.16 Å². The number of fused-ring (bicyclic) bond motifs is 1. The van der Waals surface area contributed by atoms with Crippen LogP contribution < -0.4 is 9.47 Å². The minimum atomic E-state index is -1.41. The Morgan fingerprint density at radius 1 is 1.00 bits per heavy atom. The van der Waals surface area contributed by atoms with Gasteiger partial charge in [-0.05, 0) is 12.1 Å². The van der Waals surface area contributed by atoms with Crippen LogP contribution in [0.4, 0.5) is 0 Å². The second kappa shape index (κ2) is 2.90. The van der Waals surface area contributed by atoms with Gasteiger partial charge in [0.2, 0.25) is 0 Å². The first kappa shape index (κ1) is 8.34. The van der Waals surface area contributed by atoms with Crippen LogP contribution in [-0.2, 0) is 9.47 Å². The van der Waals surface area contributed by atoms with Gasteiger partial charge in [0, 0.05) is 14.2 Å². The van der Waals surface area contributed by atoms with Crippen molar-refractivity contribution in [2.75, 3.05) is 14.2 Å². The maximum atomic E-state index is 5.33. The molecule has 1 aliphatic heterocycles. The van der Waals surface area contributed by atoms with Gasteiger partial charge in [0.1, 0.15) is 0 Å². The lowest BCUT2D eigenvalue weighted by Crippen LogP contribution is -2.42. The Balaban J connectivity index is 2.30. The first-order valence-corrected chi connectivity index (χ1v) is 3.87. The van der Waals surface area contributed by atoms with Crippen molar-refractivity contribution in [2.45, 2.75) is 6.16 Å². The van der Waals surface area contributed by atoms with Crippen LogP contribution >= 0.6 is 0 Å². The van der Waals surface area contributed by atoms with Crippen molar-refractivity contribution in [1.82, 2.24) is 0 Å². The number of hydrogen-bond acceptors (Lipinski definition) is 4. The maximum Gasteiger partial charge on any atom is 0.509 e. The van der Waals surface area contributed by atoms with Gasteiger partial charge in [-0.3, -0.25) is 9.47 Å². The molecule has 0 spiro atoms. The Morgan fingerprint density at radius 2 is 1.46 bits per heavy atom. The summed E-state index contributed by atoms with van der Waals surface area (Å²) in [6.45, 7) is 0. The highest BCUT2D eigenvalue weighted by Gasteiger charge is 2.43. The molecule has 70 valence electrons. The smallest absolute Gasteiger partial charge is 0.403 e. The van der Waals surface area contributed by atoms with Crippen molar-refractivity contribution in [3.63, 3.8) is 0 Å². The molecule has 1 heterocycles. The zero-order valence-electron chi connectivity index (χ0n) is 7.44. The molecule has 0 saturated heterocycles. The van der Waals surface area contributed by atoms with E-state index in [4.69, 9.17) is 18.9 Å². The fourth-order valence-corrected chi connectivity index (χ4v) is 1.16. The normalized spacial score (nSPS) is 17.4. The van der Waals surface area contributed by atoms with E-state index in [2.05, 4.69) is 0 Å². The number of methoxy groups -OCH3 is 2. The fourth-order valence-electron chi connectivity index (χ4n) is 1.16. The highest BCUT2D eigenvalue weighted by molar-refractivity contribution is 5.41. The fraction of sp³-hybridized carbons (Fsp3) is 0.333. The monoisotopic (exact) mass is 182 g/mol. The number of benzene rings is 1. The van der Waals surface area contributed by atoms with Gasteiger partial charge < -0.3 is 9.47 Å². The summed E-state index contributed by atoms with van der Waals surface area (Å²) in [4.78, 5) is 0. The van der Waals surface area contributed by atoms with Crippen LogP contribution in [0, 0.1) is 0 Å². The summed E-state index contributed by atoms with van der Waals surface area (Å²) in [5.41, 5.74) is 0. The zero-order valence-corrected chi connectivity index (χ0v) is 7.44. The summed E-state index contributed by atoms with van der Waals surface area (Å²) in [6, 6.07) is 7.28. The van der Waals surface area contributed by atoms with Crippen LogP contribution in [0.3, 0.4) is 0 Å². The van der Waals surface area contributed by atoms with E-state index in [1.807, 2.05) is 12.1 Å². The SMILES string of the molecule is COC1(OC)Oc2ccccc2O1. The second-order valence-electron chi connectivity index (χ2n) is 2.56. The molecule has 13 heavy (non-hydrogen) atoms. The molecular weight excluding hydrogens is 172 g/mol. The van der Waals surface area contributed by atoms with Crippen molar-refractivity contribution in [3.05, 3.63) is 24.3 Å². The molecule has 0 radical (unpaired) electrons. The predicted octanol–water partition coefficient (Wildman–Crippen LogP) is 1.36. The van der Waals surface area contributed by atoms with Gasteiger partial charge in [0.15, 0.2) is 11.5 Å². The Bertz CT molecular complexity index is 279. The number of para-hydroxylation sites is 2. The van der Waals surface area contributed by atoms with Crippen LogP contribution in [0.5, 0.6) is 11.5 Å². The van der Waals surface area contributed by atoms with E-state index in [0.717, 1.165) is 0 Å². The third-order valence-corrected chi connectivity index (χ3v) is 1.82. The van der Waals surface area contributed by atoms with Crippen LogP contribution in [0.1, 0.15) is 0 Å². The number of hydrogen-bond donors (Lipinski definition) is 0. The number of rotatable bonds is 2. The molecule has 4 nitrogen and oxygen atoms in total. The molecule has 1 aromatic carbocycles. The molecule has 1 aliphatic rings. The van der Waals surface area contributed by atoms with E-state index in [1.165, 1.54) is 14.2 Å². The third-order valence-electron chi connectivity index (χ3n) is 1.82. The molecule has 0 atom stereocenters. The lowest BCUT2D eigenvalue weighted by Gasteiger charge is -2.21. The Hall–Kier alpha value is -1.26. The van der Waals surface area contributed by atoms with Crippen LogP contribution in [-0.4, -0.2) is 20.4 Å². The van der Waals surface area contributed by atoms with Crippen molar-refractivity contribution in [1.29, 1.82) is 0 Å². The summed E-state index contributed by atoms with van der Waals surface area (Å²) < 4.78 is 20.6. The lowest BCUT2D eigenvalue weighted by molar-refractivity contribution is -0.408. The molecule has 0 aromatic heterocycles. The van der Waals surface area contributed by atoms with Crippen molar-refractivity contribution in [3.8, 4) is 11.5 Å². The molecule has 0 unspecified atom stereocenters. The zero-order chi connectivity index (χ0) is 9.31. The highest BCUT2D eigenvalue weighted by Crippen LogP contribution is 2.39. The number of ether oxygens (including phenoxy) is 4. The summed E-state index contributed by atoms with van der Waals surface area (Å²) in [6.07, 6.45) is -1.41. The van der Waals surface area contributed by atoms with E-state index in [0.29, 0.717) is 11.5 Å². The van der Waals surface area contributed by atoms with Crippen molar-refractivity contribution in [2.24, 2.45) is 0 Å². The van der Waals surface area contributed by atoms with Crippen LogP contribution in [0.2, 0.25) is 0 Å². The first-order chi connectivity index (χ1) is 6.29. The van der Waals surface area contributed by atoms with Crippen molar-refractivity contribution >= 4 is 0 Å². The maximum absolute atomic E-state index is 5.33. The quantitative estimate of drug-likeness (QED) is 0.647. The van der Waals surface area contributed by atoms with Crippen LogP contribution in [0.25, 0.3) is 0 Å². The molecular formula is C9H10O4. The average Bonchev–Trinajstić information content (AvgIpc) is 2.57. The predicted molar refractivity (Wildman–Crippen MR) is 44.4 cm³/mol. The first-order valence-electron chi connectivity index (χ1n) is 3.87. The Kier molecular flexibility index (Phi) is 1.86. The Labute approximate surface area is 76.0 Å². The lowest BCUT2D eigenvalue weighted by atomic mass is 10.3. The van der Waals surface area contributed by atoms with Gasteiger partial charge in [-0.25, -0.2) is 0 Å². The van der Waals surface area contributed by atoms with Gasteiger partial charge in [0.25, 0.3) is 0 Å². The van der Waals surface area contributed by atoms with Gasteiger partial charge in [0.05, 0.1) is 0 Å². The van der Waals surface area contributed by atoms with Gasteiger partial charge in [-0.15, -0.1) is 0 Å². The molecule has 2 rings (SSSR count). The van der Waals surface area contributed by atoms with E-state index in [1.54, 1.807) is 12.1 Å².